The van der Waals surface area contributed by atoms with Crippen LogP contribution in [0.1, 0.15) is 18.9 Å². The van der Waals surface area contributed by atoms with E-state index in [9.17, 15) is 0 Å². The number of hydrogen-bond acceptors (Lipinski definition) is 5. The average Bonchev–Trinajstić information content (AvgIpc) is 2.61. The molecule has 0 aromatic carbocycles. The van der Waals surface area contributed by atoms with Crippen LogP contribution in [0.15, 0.2) is 12.4 Å². The van der Waals surface area contributed by atoms with Gasteiger partial charge in [0.2, 0.25) is 0 Å². The lowest BCUT2D eigenvalue weighted by atomic mass is 9.95. The molecule has 0 bridgehead atoms. The van der Waals surface area contributed by atoms with E-state index in [0.717, 1.165) is 9.84 Å². The molecule has 0 fully saturated rings. The first-order chi connectivity index (χ1) is 6.63. The molecule has 74 valence electrons. The molecular formula is C9H12N4S. The van der Waals surface area contributed by atoms with Crippen molar-refractivity contribution in [2.45, 2.75) is 19.3 Å². The average molecular weight is 208 g/mol. The van der Waals surface area contributed by atoms with Crippen molar-refractivity contribution in [3.8, 4) is 0 Å². The molecule has 2 heterocycles. The molecule has 2 aromatic rings. The highest BCUT2D eigenvalue weighted by Gasteiger charge is 2.23. The molecule has 0 spiro atoms. The summed E-state index contributed by atoms with van der Waals surface area (Å²) in [6, 6.07) is 0. The Morgan fingerprint density at radius 3 is 2.71 bits per heavy atom. The van der Waals surface area contributed by atoms with Gasteiger partial charge < -0.3 is 5.73 Å². The first kappa shape index (κ1) is 9.48. The van der Waals surface area contributed by atoms with Gasteiger partial charge in [0.1, 0.15) is 5.01 Å². The van der Waals surface area contributed by atoms with E-state index in [4.69, 9.17) is 5.73 Å². The van der Waals surface area contributed by atoms with Crippen molar-refractivity contribution in [3.63, 3.8) is 0 Å². The molecule has 0 aliphatic heterocycles. The van der Waals surface area contributed by atoms with Crippen LogP contribution in [0.4, 0.5) is 0 Å². The molecule has 0 radical (unpaired) electrons. The Morgan fingerprint density at radius 1 is 1.36 bits per heavy atom. The summed E-state index contributed by atoms with van der Waals surface area (Å²) in [5.41, 5.74) is 6.31. The molecule has 2 aromatic heterocycles. The summed E-state index contributed by atoms with van der Waals surface area (Å²) in [6.07, 6.45) is 3.33. The number of fused-ring (bicyclic) bond motifs is 1. The van der Waals surface area contributed by atoms with Crippen LogP contribution in [-0.2, 0) is 5.41 Å². The normalized spacial score (nSPS) is 12.2. The van der Waals surface area contributed by atoms with Crippen LogP contribution in [0, 0.1) is 0 Å². The van der Waals surface area contributed by atoms with Gasteiger partial charge in [-0.1, -0.05) is 25.2 Å². The third-order valence-corrected chi connectivity index (χ3v) is 3.46. The number of hydrogen-bond donors (Lipinski definition) is 1. The summed E-state index contributed by atoms with van der Waals surface area (Å²) in [4.78, 5) is 13.6. The van der Waals surface area contributed by atoms with E-state index in [0.29, 0.717) is 12.2 Å². The van der Waals surface area contributed by atoms with Crippen LogP contribution in [0.2, 0.25) is 0 Å². The van der Waals surface area contributed by atoms with E-state index in [1.807, 2.05) is 0 Å². The highest BCUT2D eigenvalue weighted by Crippen LogP contribution is 2.28. The van der Waals surface area contributed by atoms with Gasteiger partial charge in [0.15, 0.2) is 10.5 Å². The van der Waals surface area contributed by atoms with Crippen LogP contribution in [0.25, 0.3) is 10.5 Å². The lowest BCUT2D eigenvalue weighted by molar-refractivity contribution is 0.536. The van der Waals surface area contributed by atoms with Crippen molar-refractivity contribution in [1.29, 1.82) is 0 Å². The van der Waals surface area contributed by atoms with Gasteiger partial charge in [0.25, 0.3) is 0 Å². The summed E-state index contributed by atoms with van der Waals surface area (Å²) in [5.74, 6) is 0. The number of aromatic nitrogens is 3. The molecule has 14 heavy (non-hydrogen) atoms. The van der Waals surface area contributed by atoms with Crippen LogP contribution in [-0.4, -0.2) is 21.5 Å². The topological polar surface area (TPSA) is 64.7 Å². The molecule has 2 rings (SSSR count). The lowest BCUT2D eigenvalue weighted by Gasteiger charge is -2.18. The minimum atomic E-state index is -0.0902. The fourth-order valence-electron chi connectivity index (χ4n) is 1.05. The zero-order chi connectivity index (χ0) is 10.2. The molecule has 0 saturated carbocycles. The van der Waals surface area contributed by atoms with Gasteiger partial charge in [0, 0.05) is 24.4 Å². The minimum Gasteiger partial charge on any atom is -0.330 e. The summed E-state index contributed by atoms with van der Waals surface area (Å²) in [5, 5.41) is 1.00. The molecule has 0 aliphatic carbocycles. The first-order valence-electron chi connectivity index (χ1n) is 4.41. The molecule has 0 saturated heterocycles. The standard InChI is InChI=1S/C9H12N4S/c1-9(2,5-10)8-13-6-7(14-8)12-4-3-11-6/h3-4H,5,10H2,1-2H3. The second-order valence-electron chi connectivity index (χ2n) is 3.79. The van der Waals surface area contributed by atoms with Crippen molar-refractivity contribution >= 4 is 21.8 Å². The van der Waals surface area contributed by atoms with E-state index < -0.39 is 0 Å². The van der Waals surface area contributed by atoms with E-state index in [-0.39, 0.29) is 5.41 Å². The van der Waals surface area contributed by atoms with Crippen LogP contribution in [0.5, 0.6) is 0 Å². The quantitative estimate of drug-likeness (QED) is 0.808. The molecule has 0 atom stereocenters. The van der Waals surface area contributed by atoms with Gasteiger partial charge in [0.05, 0.1) is 0 Å². The van der Waals surface area contributed by atoms with Gasteiger partial charge >= 0.3 is 0 Å². The Kier molecular flexibility index (Phi) is 2.20. The minimum absolute atomic E-state index is 0.0902. The zero-order valence-electron chi connectivity index (χ0n) is 8.19. The van der Waals surface area contributed by atoms with Crippen LogP contribution < -0.4 is 5.73 Å². The SMILES string of the molecule is CC(C)(CN)c1nc2nccnc2s1. The summed E-state index contributed by atoms with van der Waals surface area (Å²) in [7, 11) is 0. The second-order valence-corrected chi connectivity index (χ2v) is 4.77. The molecule has 0 amide bonds. The fourth-order valence-corrected chi connectivity index (χ4v) is 2.03. The number of nitrogens with two attached hydrogens (primary N) is 1. The van der Waals surface area contributed by atoms with Crippen molar-refractivity contribution < 1.29 is 0 Å². The number of thiazole rings is 1. The number of rotatable bonds is 2. The van der Waals surface area contributed by atoms with E-state index in [1.165, 1.54) is 0 Å². The van der Waals surface area contributed by atoms with Crippen LogP contribution in [0.3, 0.4) is 0 Å². The molecule has 2 N–H and O–H groups in total. The third kappa shape index (κ3) is 1.49. The highest BCUT2D eigenvalue weighted by molar-refractivity contribution is 7.18. The number of nitrogens with zero attached hydrogens (tertiary/aromatic N) is 3. The smallest absolute Gasteiger partial charge is 0.189 e. The first-order valence-corrected chi connectivity index (χ1v) is 5.23. The molecule has 5 heteroatoms. The third-order valence-electron chi connectivity index (χ3n) is 2.14. The van der Waals surface area contributed by atoms with Gasteiger partial charge in [-0.3, -0.25) is 0 Å². The fraction of sp³-hybridized carbons (Fsp3) is 0.444. The maximum absolute atomic E-state index is 5.69. The summed E-state index contributed by atoms with van der Waals surface area (Å²) >= 11 is 1.56. The van der Waals surface area contributed by atoms with Gasteiger partial charge in [-0.15, -0.1) is 0 Å². The monoisotopic (exact) mass is 208 g/mol. The van der Waals surface area contributed by atoms with Crippen molar-refractivity contribution in [2.24, 2.45) is 5.73 Å². The highest BCUT2D eigenvalue weighted by atomic mass is 32.1. The predicted octanol–water partition coefficient (Wildman–Crippen LogP) is 1.32. The lowest BCUT2D eigenvalue weighted by Crippen LogP contribution is -2.27. The van der Waals surface area contributed by atoms with E-state index in [2.05, 4.69) is 28.8 Å². The van der Waals surface area contributed by atoms with E-state index >= 15 is 0 Å². The Balaban J connectivity index is 2.55. The maximum Gasteiger partial charge on any atom is 0.189 e. The van der Waals surface area contributed by atoms with Gasteiger partial charge in [-0.05, 0) is 0 Å². The van der Waals surface area contributed by atoms with E-state index in [1.54, 1.807) is 23.7 Å². The van der Waals surface area contributed by atoms with Crippen LogP contribution >= 0.6 is 11.3 Å². The van der Waals surface area contributed by atoms with Gasteiger partial charge in [-0.25, -0.2) is 15.0 Å². The Hall–Kier alpha value is -1.07. The second kappa shape index (κ2) is 3.25. The summed E-state index contributed by atoms with van der Waals surface area (Å²) < 4.78 is 0. The largest absolute Gasteiger partial charge is 0.330 e. The Bertz CT molecular complexity index is 416. The molecule has 4 nitrogen and oxygen atoms in total. The Labute approximate surface area is 86.2 Å². The zero-order valence-corrected chi connectivity index (χ0v) is 9.01. The van der Waals surface area contributed by atoms with Crippen molar-refractivity contribution in [3.05, 3.63) is 17.4 Å². The summed E-state index contributed by atoms with van der Waals surface area (Å²) in [6.45, 7) is 4.72. The Morgan fingerprint density at radius 2 is 2.07 bits per heavy atom. The maximum atomic E-state index is 5.69. The van der Waals surface area contributed by atoms with Crippen molar-refractivity contribution in [1.82, 2.24) is 15.0 Å². The van der Waals surface area contributed by atoms with Gasteiger partial charge in [-0.2, -0.15) is 0 Å². The molecule has 0 aliphatic rings. The van der Waals surface area contributed by atoms with Crippen molar-refractivity contribution in [2.75, 3.05) is 6.54 Å². The molecule has 0 unspecified atom stereocenters. The predicted molar refractivity (Wildman–Crippen MR) is 57.3 cm³/mol. The molecular weight excluding hydrogens is 196 g/mol.